The van der Waals surface area contributed by atoms with Gasteiger partial charge in [-0.2, -0.15) is 0 Å². The average molecular weight is 481 g/mol. The van der Waals surface area contributed by atoms with Crippen LogP contribution in [0.2, 0.25) is 15.1 Å². The van der Waals surface area contributed by atoms with Gasteiger partial charge in [-0.1, -0.05) is 71.2 Å². The first-order valence-corrected chi connectivity index (χ1v) is 11.6. The van der Waals surface area contributed by atoms with Crippen LogP contribution in [0.25, 0.3) is 6.08 Å². The minimum Gasteiger partial charge on any atom is -0.378 e. The largest absolute Gasteiger partial charge is 0.378 e. The number of carbonyl (C=O) groups is 1. The van der Waals surface area contributed by atoms with Crippen molar-refractivity contribution in [1.82, 2.24) is 0 Å². The summed E-state index contributed by atoms with van der Waals surface area (Å²) in [5.41, 5.74) is 4.83. The van der Waals surface area contributed by atoms with Crippen molar-refractivity contribution in [1.29, 1.82) is 0 Å². The van der Waals surface area contributed by atoms with E-state index in [0.29, 0.717) is 21.5 Å². The van der Waals surface area contributed by atoms with E-state index in [9.17, 15) is 4.79 Å². The van der Waals surface area contributed by atoms with Crippen molar-refractivity contribution >= 4 is 52.3 Å². The Bertz CT molecular complexity index is 1250. The third-order valence-corrected chi connectivity index (χ3v) is 7.36. The summed E-state index contributed by atoms with van der Waals surface area (Å²) in [4.78, 5) is 12.9. The Labute approximate surface area is 202 Å². The van der Waals surface area contributed by atoms with Crippen LogP contribution >= 0.6 is 34.8 Å². The lowest BCUT2D eigenvalue weighted by Crippen LogP contribution is -2.29. The molecular formula is C27H20Cl3NO. The predicted molar refractivity (Wildman–Crippen MR) is 134 cm³/mol. The Morgan fingerprint density at radius 3 is 2.62 bits per heavy atom. The molecule has 0 bridgehead atoms. The van der Waals surface area contributed by atoms with Crippen LogP contribution in [-0.4, -0.2) is 5.78 Å². The SMILES string of the molecule is O=C(/C=C/c1cccc(Cl)c1Cl)c1ccc2c(c1)[C@@H]1C=CC[C@H]1[C@H](c1ccc(Cl)cc1)N2. The van der Waals surface area contributed by atoms with Crippen LogP contribution in [0, 0.1) is 5.92 Å². The van der Waals surface area contributed by atoms with E-state index in [-0.39, 0.29) is 17.7 Å². The van der Waals surface area contributed by atoms with Crippen LogP contribution in [0.3, 0.4) is 0 Å². The summed E-state index contributed by atoms with van der Waals surface area (Å²) in [5, 5.41) is 5.35. The van der Waals surface area contributed by atoms with E-state index in [4.69, 9.17) is 34.8 Å². The standard InChI is InChI=1S/C27H20Cl3NO/c28-19-11-7-17(8-12-19)27-21-5-2-4-20(21)22-15-18(9-13-24(22)31-27)25(32)14-10-16-3-1-6-23(29)26(16)30/h1-4,6-15,20-21,27,31H,5H2/b14-10+/t20-,21-,27+/m1/s1. The van der Waals surface area contributed by atoms with Crippen molar-refractivity contribution in [3.05, 3.63) is 116 Å². The Balaban J connectivity index is 1.43. The van der Waals surface area contributed by atoms with Crippen molar-refractivity contribution in [2.24, 2.45) is 5.92 Å². The van der Waals surface area contributed by atoms with E-state index in [1.165, 1.54) is 5.56 Å². The summed E-state index contributed by atoms with van der Waals surface area (Å²) in [6.45, 7) is 0. The fourth-order valence-corrected chi connectivity index (χ4v) is 5.16. The lowest BCUT2D eigenvalue weighted by Gasteiger charge is -2.37. The molecule has 1 heterocycles. The molecule has 1 N–H and O–H groups in total. The van der Waals surface area contributed by atoms with E-state index < -0.39 is 0 Å². The van der Waals surface area contributed by atoms with Gasteiger partial charge in [0, 0.05) is 22.2 Å². The number of hydrogen-bond donors (Lipinski definition) is 1. The average Bonchev–Trinajstić information content (AvgIpc) is 3.30. The third kappa shape index (κ3) is 3.99. The molecule has 0 aromatic heterocycles. The van der Waals surface area contributed by atoms with Crippen LogP contribution < -0.4 is 5.32 Å². The van der Waals surface area contributed by atoms with E-state index in [1.807, 2.05) is 42.5 Å². The lowest BCUT2D eigenvalue weighted by molar-refractivity contribution is 0.104. The highest BCUT2D eigenvalue weighted by molar-refractivity contribution is 6.43. The Hall–Kier alpha value is -2.52. The highest BCUT2D eigenvalue weighted by Crippen LogP contribution is 2.50. The summed E-state index contributed by atoms with van der Waals surface area (Å²) < 4.78 is 0. The first-order chi connectivity index (χ1) is 15.5. The summed E-state index contributed by atoms with van der Waals surface area (Å²) >= 11 is 18.4. The zero-order valence-electron chi connectivity index (χ0n) is 17.1. The van der Waals surface area contributed by atoms with Gasteiger partial charge >= 0.3 is 0 Å². The normalized spacial score (nSPS) is 21.3. The first-order valence-electron chi connectivity index (χ1n) is 10.5. The second-order valence-electron chi connectivity index (χ2n) is 8.17. The molecule has 160 valence electrons. The molecule has 3 aromatic rings. The molecule has 2 nitrogen and oxygen atoms in total. The quantitative estimate of drug-likeness (QED) is 0.231. The van der Waals surface area contributed by atoms with Gasteiger partial charge in [-0.3, -0.25) is 4.79 Å². The van der Waals surface area contributed by atoms with E-state index in [1.54, 1.807) is 18.2 Å². The van der Waals surface area contributed by atoms with Crippen molar-refractivity contribution < 1.29 is 4.79 Å². The molecule has 0 radical (unpaired) electrons. The molecule has 0 unspecified atom stereocenters. The van der Waals surface area contributed by atoms with Crippen molar-refractivity contribution in [2.45, 2.75) is 18.4 Å². The number of allylic oxidation sites excluding steroid dienone is 3. The highest BCUT2D eigenvalue weighted by Gasteiger charge is 2.38. The lowest BCUT2D eigenvalue weighted by atomic mass is 9.76. The maximum atomic E-state index is 12.9. The number of hydrogen-bond acceptors (Lipinski definition) is 2. The molecule has 2 aliphatic rings. The highest BCUT2D eigenvalue weighted by atomic mass is 35.5. The van der Waals surface area contributed by atoms with Crippen molar-refractivity contribution in [3.8, 4) is 0 Å². The number of halogens is 3. The second kappa shape index (κ2) is 8.78. The van der Waals surface area contributed by atoms with Gasteiger partial charge in [0.25, 0.3) is 0 Å². The van der Waals surface area contributed by atoms with Crippen LogP contribution in [0.4, 0.5) is 5.69 Å². The number of anilines is 1. The van der Waals surface area contributed by atoms with E-state index in [2.05, 4.69) is 29.6 Å². The van der Waals surface area contributed by atoms with Crippen LogP contribution in [0.5, 0.6) is 0 Å². The molecule has 5 heteroatoms. The maximum Gasteiger partial charge on any atom is 0.185 e. The maximum absolute atomic E-state index is 12.9. The predicted octanol–water partition coefficient (Wildman–Crippen LogP) is 8.37. The van der Waals surface area contributed by atoms with Crippen LogP contribution in [0.1, 0.15) is 45.4 Å². The summed E-state index contributed by atoms with van der Waals surface area (Å²) in [5.74, 6) is 0.600. The number of carbonyl (C=O) groups excluding carboxylic acids is 1. The van der Waals surface area contributed by atoms with Gasteiger partial charge in [0.1, 0.15) is 0 Å². The van der Waals surface area contributed by atoms with E-state index >= 15 is 0 Å². The van der Waals surface area contributed by atoms with Gasteiger partial charge in [0.05, 0.1) is 16.1 Å². The zero-order valence-corrected chi connectivity index (χ0v) is 19.3. The third-order valence-electron chi connectivity index (χ3n) is 6.27. The molecule has 1 aliphatic heterocycles. The summed E-state index contributed by atoms with van der Waals surface area (Å²) in [6, 6.07) is 19.5. The minimum absolute atomic E-state index is 0.0674. The molecule has 0 fully saturated rings. The van der Waals surface area contributed by atoms with Gasteiger partial charge in [0.2, 0.25) is 0 Å². The van der Waals surface area contributed by atoms with Gasteiger partial charge in [0.15, 0.2) is 5.78 Å². The van der Waals surface area contributed by atoms with E-state index in [0.717, 1.165) is 28.3 Å². The second-order valence-corrected chi connectivity index (χ2v) is 9.39. The molecule has 3 atom stereocenters. The topological polar surface area (TPSA) is 29.1 Å². The first kappa shape index (κ1) is 21.3. The van der Waals surface area contributed by atoms with Crippen molar-refractivity contribution in [2.75, 3.05) is 5.32 Å². The molecule has 5 rings (SSSR count). The molecule has 0 amide bonds. The molecule has 3 aromatic carbocycles. The molecule has 32 heavy (non-hydrogen) atoms. The Morgan fingerprint density at radius 1 is 1.00 bits per heavy atom. The van der Waals surface area contributed by atoms with Gasteiger partial charge in [-0.05, 0) is 77.6 Å². The number of rotatable bonds is 4. The Morgan fingerprint density at radius 2 is 1.81 bits per heavy atom. The molecule has 1 aliphatic carbocycles. The summed E-state index contributed by atoms with van der Waals surface area (Å²) in [6.07, 6.45) is 8.76. The number of fused-ring (bicyclic) bond motifs is 3. The number of nitrogens with one attached hydrogen (secondary N) is 1. The Kier molecular flexibility index (Phi) is 5.86. The smallest absolute Gasteiger partial charge is 0.185 e. The molecule has 0 saturated carbocycles. The number of ketones is 1. The molecule has 0 spiro atoms. The monoisotopic (exact) mass is 479 g/mol. The van der Waals surface area contributed by atoms with Crippen molar-refractivity contribution in [3.63, 3.8) is 0 Å². The van der Waals surface area contributed by atoms with Crippen LogP contribution in [0.15, 0.2) is 78.9 Å². The fraction of sp³-hybridized carbons (Fsp3) is 0.148. The molecular weight excluding hydrogens is 461 g/mol. The zero-order chi connectivity index (χ0) is 22.2. The van der Waals surface area contributed by atoms with Gasteiger partial charge in [-0.25, -0.2) is 0 Å². The fourth-order valence-electron chi connectivity index (χ4n) is 4.66. The van der Waals surface area contributed by atoms with Crippen LogP contribution in [-0.2, 0) is 0 Å². The molecule has 0 saturated heterocycles. The van der Waals surface area contributed by atoms with Gasteiger partial charge in [-0.15, -0.1) is 0 Å². The van der Waals surface area contributed by atoms with Gasteiger partial charge < -0.3 is 5.32 Å². The number of benzene rings is 3. The minimum atomic E-state index is -0.0674. The summed E-state index contributed by atoms with van der Waals surface area (Å²) in [7, 11) is 0.